The maximum atomic E-state index is 14.5. The number of alkyl halides is 5. The van der Waals surface area contributed by atoms with Crippen molar-refractivity contribution in [3.63, 3.8) is 0 Å². The number of nitrogens with zero attached hydrogens (tertiary/aromatic N) is 5. The lowest BCUT2D eigenvalue weighted by Gasteiger charge is -2.25. The van der Waals surface area contributed by atoms with E-state index in [0.29, 0.717) is 59.4 Å². The first-order valence-corrected chi connectivity index (χ1v) is 14.2. The lowest BCUT2D eigenvalue weighted by molar-refractivity contribution is -0.138. The standard InChI is InChI=1S/C32H30F5N7O/c1-4-19-11-21(17-45)25(26(12-19)32(35,36)37)16-44(3)28-14-20(13-27(41-28)42-31(7-8-31)9-10-38)24-15-22(30(2,33)34)5-6-23(24)29-39-18-40-43-29/h5-6,11-15,17-18H,4,7-9,16H2,1-3H3,(H,41,42)(H,39,40,43). The van der Waals surface area contributed by atoms with Crippen molar-refractivity contribution in [3.05, 3.63) is 76.6 Å². The molecule has 45 heavy (non-hydrogen) atoms. The zero-order valence-corrected chi connectivity index (χ0v) is 24.8. The second-order valence-corrected chi connectivity index (χ2v) is 11.4. The minimum Gasteiger partial charge on any atom is -0.364 e. The molecule has 0 atom stereocenters. The van der Waals surface area contributed by atoms with Crippen LogP contribution in [0.1, 0.15) is 65.7 Å². The molecule has 2 heterocycles. The van der Waals surface area contributed by atoms with E-state index in [4.69, 9.17) is 0 Å². The third-order valence-electron chi connectivity index (χ3n) is 7.95. The predicted octanol–water partition coefficient (Wildman–Crippen LogP) is 7.53. The molecule has 1 aliphatic rings. The first-order valence-electron chi connectivity index (χ1n) is 14.2. The summed E-state index contributed by atoms with van der Waals surface area (Å²) in [5.41, 5.74) is -0.374. The number of hydrogen-bond acceptors (Lipinski definition) is 7. The summed E-state index contributed by atoms with van der Waals surface area (Å²) in [4.78, 5) is 22.3. The van der Waals surface area contributed by atoms with Crippen molar-refractivity contribution >= 4 is 17.9 Å². The molecule has 2 aromatic carbocycles. The van der Waals surface area contributed by atoms with E-state index in [1.807, 2.05) is 0 Å². The van der Waals surface area contributed by atoms with E-state index < -0.39 is 23.2 Å². The van der Waals surface area contributed by atoms with Crippen LogP contribution in [-0.2, 0) is 25.1 Å². The van der Waals surface area contributed by atoms with Gasteiger partial charge < -0.3 is 10.2 Å². The van der Waals surface area contributed by atoms with E-state index in [9.17, 15) is 32.0 Å². The van der Waals surface area contributed by atoms with Crippen LogP contribution in [0.2, 0.25) is 0 Å². The number of anilines is 2. The number of rotatable bonds is 11. The molecule has 0 saturated heterocycles. The molecule has 1 aliphatic carbocycles. The number of aryl methyl sites for hydroxylation is 1. The highest BCUT2D eigenvalue weighted by atomic mass is 19.4. The van der Waals surface area contributed by atoms with Crippen LogP contribution in [0.15, 0.2) is 48.8 Å². The number of benzene rings is 2. The average Bonchev–Trinajstić information content (AvgIpc) is 3.51. The number of H-pyrrole nitrogens is 1. The summed E-state index contributed by atoms with van der Waals surface area (Å²) in [6.07, 6.45) is -1.09. The van der Waals surface area contributed by atoms with Crippen LogP contribution in [-0.4, -0.2) is 39.0 Å². The van der Waals surface area contributed by atoms with Gasteiger partial charge in [-0.05, 0) is 71.8 Å². The lowest BCUT2D eigenvalue weighted by Crippen LogP contribution is -2.24. The van der Waals surface area contributed by atoms with Crippen LogP contribution < -0.4 is 10.2 Å². The predicted molar refractivity (Wildman–Crippen MR) is 159 cm³/mol. The van der Waals surface area contributed by atoms with Crippen LogP contribution >= 0.6 is 0 Å². The number of pyridine rings is 1. The van der Waals surface area contributed by atoms with Crippen molar-refractivity contribution in [2.24, 2.45) is 0 Å². The summed E-state index contributed by atoms with van der Waals surface area (Å²) >= 11 is 0. The summed E-state index contributed by atoms with van der Waals surface area (Å²) in [5.74, 6) is -2.32. The van der Waals surface area contributed by atoms with Crippen molar-refractivity contribution in [1.29, 1.82) is 5.26 Å². The van der Waals surface area contributed by atoms with E-state index in [0.717, 1.165) is 13.0 Å². The van der Waals surface area contributed by atoms with Crippen molar-refractivity contribution in [2.75, 3.05) is 17.3 Å². The maximum Gasteiger partial charge on any atom is 0.416 e. The molecule has 0 spiro atoms. The fraction of sp³-hybridized carbons (Fsp3) is 0.344. The first kappa shape index (κ1) is 31.6. The van der Waals surface area contributed by atoms with E-state index in [1.165, 1.54) is 42.5 Å². The van der Waals surface area contributed by atoms with E-state index in [-0.39, 0.29) is 35.5 Å². The Morgan fingerprint density at radius 1 is 1.11 bits per heavy atom. The molecule has 2 N–H and O–H groups in total. The molecule has 1 saturated carbocycles. The highest BCUT2D eigenvalue weighted by molar-refractivity contribution is 5.84. The van der Waals surface area contributed by atoms with Crippen LogP contribution in [0.3, 0.4) is 0 Å². The number of aromatic amines is 1. The summed E-state index contributed by atoms with van der Waals surface area (Å²) in [5, 5.41) is 19.3. The normalized spacial score (nSPS) is 14.1. The Bertz CT molecular complexity index is 1750. The molecule has 13 heteroatoms. The third kappa shape index (κ3) is 6.79. The third-order valence-corrected chi connectivity index (χ3v) is 7.95. The van der Waals surface area contributed by atoms with Crippen molar-refractivity contribution in [3.8, 4) is 28.6 Å². The van der Waals surface area contributed by atoms with Gasteiger partial charge in [-0.25, -0.2) is 18.7 Å². The van der Waals surface area contributed by atoms with Crippen LogP contribution in [0.25, 0.3) is 22.5 Å². The van der Waals surface area contributed by atoms with E-state index >= 15 is 0 Å². The molecule has 8 nitrogen and oxygen atoms in total. The Labute approximate surface area is 256 Å². The van der Waals surface area contributed by atoms with Gasteiger partial charge in [0.15, 0.2) is 5.82 Å². The van der Waals surface area contributed by atoms with Gasteiger partial charge in [-0.3, -0.25) is 9.89 Å². The number of hydrogen-bond donors (Lipinski definition) is 2. The molecule has 2 aromatic heterocycles. The number of aldehydes is 1. The van der Waals surface area contributed by atoms with Gasteiger partial charge in [-0.15, -0.1) is 0 Å². The second-order valence-electron chi connectivity index (χ2n) is 11.4. The molecule has 234 valence electrons. The SMILES string of the molecule is CCc1cc(C=O)c(CN(C)c2cc(-c3cc(C(C)(F)F)ccc3-c3ncn[nH]3)cc(NC3(CC#N)CC3)n2)c(C(F)(F)F)c1. The Morgan fingerprint density at radius 3 is 2.44 bits per heavy atom. The smallest absolute Gasteiger partial charge is 0.364 e. The largest absolute Gasteiger partial charge is 0.416 e. The van der Waals surface area contributed by atoms with Gasteiger partial charge in [0, 0.05) is 37.2 Å². The van der Waals surface area contributed by atoms with Gasteiger partial charge in [-0.1, -0.05) is 19.1 Å². The van der Waals surface area contributed by atoms with Gasteiger partial charge in [-0.2, -0.15) is 23.5 Å². The van der Waals surface area contributed by atoms with E-state index in [1.54, 1.807) is 19.1 Å². The van der Waals surface area contributed by atoms with Gasteiger partial charge >= 0.3 is 6.18 Å². The Hall–Kier alpha value is -4.86. The summed E-state index contributed by atoms with van der Waals surface area (Å²) in [7, 11) is 1.54. The molecule has 0 amide bonds. The van der Waals surface area contributed by atoms with Crippen molar-refractivity contribution in [1.82, 2.24) is 20.2 Å². The molecule has 0 radical (unpaired) electrons. The first-order chi connectivity index (χ1) is 21.3. The highest BCUT2D eigenvalue weighted by Crippen LogP contribution is 2.43. The molecule has 5 rings (SSSR count). The Morgan fingerprint density at radius 2 is 1.87 bits per heavy atom. The fourth-order valence-corrected chi connectivity index (χ4v) is 5.26. The molecular weight excluding hydrogens is 593 g/mol. The van der Waals surface area contributed by atoms with Crippen LogP contribution in [0, 0.1) is 11.3 Å². The summed E-state index contributed by atoms with van der Waals surface area (Å²) in [6.45, 7) is 2.16. The van der Waals surface area contributed by atoms with Gasteiger partial charge in [0.25, 0.3) is 5.92 Å². The monoisotopic (exact) mass is 623 g/mol. The number of aromatic nitrogens is 4. The summed E-state index contributed by atoms with van der Waals surface area (Å²) in [6, 6.07) is 12.0. The molecule has 0 unspecified atom stereocenters. The number of halogens is 5. The zero-order valence-electron chi connectivity index (χ0n) is 24.8. The highest BCUT2D eigenvalue weighted by Gasteiger charge is 2.43. The second kappa shape index (κ2) is 11.9. The van der Waals surface area contributed by atoms with Crippen LogP contribution in [0.5, 0.6) is 0 Å². The molecule has 0 aliphatic heterocycles. The van der Waals surface area contributed by atoms with Gasteiger partial charge in [0.2, 0.25) is 0 Å². The number of nitriles is 1. The quantitative estimate of drug-likeness (QED) is 0.131. The number of carbonyl (C=O) groups excluding carboxylic acids is 1. The van der Waals surface area contributed by atoms with Crippen molar-refractivity contribution in [2.45, 2.75) is 63.7 Å². The van der Waals surface area contributed by atoms with Crippen molar-refractivity contribution < 1.29 is 26.7 Å². The van der Waals surface area contributed by atoms with E-state index in [2.05, 4.69) is 31.6 Å². The Balaban J connectivity index is 1.66. The van der Waals surface area contributed by atoms with Gasteiger partial charge in [0.05, 0.1) is 23.6 Å². The zero-order chi connectivity index (χ0) is 32.6. The Kier molecular flexibility index (Phi) is 8.35. The minimum absolute atomic E-state index is 0.0838. The molecule has 1 fully saturated rings. The average molecular weight is 624 g/mol. The van der Waals surface area contributed by atoms with Crippen LogP contribution in [0.4, 0.5) is 33.6 Å². The number of carbonyl (C=O) groups is 1. The van der Waals surface area contributed by atoms with Gasteiger partial charge in [0.1, 0.15) is 24.2 Å². The lowest BCUT2D eigenvalue weighted by atomic mass is 9.94. The maximum absolute atomic E-state index is 14.5. The molecule has 4 aromatic rings. The summed E-state index contributed by atoms with van der Waals surface area (Å²) < 4.78 is 71.6. The fourth-order valence-electron chi connectivity index (χ4n) is 5.26. The minimum atomic E-state index is -4.71. The molecular formula is C32H30F5N7O. The molecule has 0 bridgehead atoms. The topological polar surface area (TPSA) is 111 Å². The number of nitrogens with one attached hydrogen (secondary N) is 2.